The molecule has 4 nitrogen and oxygen atoms in total. The molecule has 0 fully saturated rings. The lowest BCUT2D eigenvalue weighted by Crippen LogP contribution is -2.09. The first-order valence-electron chi connectivity index (χ1n) is 14.9. The number of fused-ring (bicyclic) bond motifs is 6. The lowest BCUT2D eigenvalue weighted by Gasteiger charge is -2.25. The van der Waals surface area contributed by atoms with E-state index in [0.717, 1.165) is 55.8 Å². The minimum absolute atomic E-state index is 0.687. The zero-order valence-electron chi connectivity index (χ0n) is 24.1. The lowest BCUT2D eigenvalue weighted by atomic mass is 10.0. The Labute approximate surface area is 263 Å². The van der Waals surface area contributed by atoms with Crippen LogP contribution < -0.4 is 4.90 Å². The van der Waals surface area contributed by atoms with E-state index >= 15 is 0 Å². The van der Waals surface area contributed by atoms with Crippen molar-refractivity contribution in [3.8, 4) is 22.6 Å². The third kappa shape index (κ3) is 4.28. The van der Waals surface area contributed by atoms with E-state index in [9.17, 15) is 0 Å². The highest BCUT2D eigenvalue weighted by atomic mass is 32.1. The lowest BCUT2D eigenvalue weighted by molar-refractivity contribution is 0.667. The molecule has 9 aromatic rings. The fraction of sp³-hybridized carbons (Fsp3) is 0. The van der Waals surface area contributed by atoms with Gasteiger partial charge in [-0.05, 0) is 60.7 Å². The van der Waals surface area contributed by atoms with Crippen molar-refractivity contribution in [1.29, 1.82) is 0 Å². The molecule has 0 amide bonds. The minimum Gasteiger partial charge on any atom is -0.452 e. The molecule has 0 spiro atoms. The number of nitrogens with zero attached hydrogens (tertiary/aromatic N) is 3. The molecule has 0 saturated carbocycles. The standard InChI is InChI=1S/C40H25N3OS/c1-4-13-26(14-5-1)37-39-38(30-19-10-11-21-33(30)44-39)42-40(41-37)31-20-12-22-35-36(31)32-25-29(23-24-34(32)45-35)43(27-15-6-2-7-16-27)28-17-8-3-9-18-28/h1-25H. The smallest absolute Gasteiger partial charge is 0.180 e. The summed E-state index contributed by atoms with van der Waals surface area (Å²) in [6.45, 7) is 0. The van der Waals surface area contributed by atoms with Crippen molar-refractivity contribution in [1.82, 2.24) is 9.97 Å². The minimum atomic E-state index is 0.687. The third-order valence-corrected chi connectivity index (χ3v) is 9.41. The molecule has 0 bridgehead atoms. The van der Waals surface area contributed by atoms with Crippen molar-refractivity contribution in [3.05, 3.63) is 152 Å². The SMILES string of the molecule is c1ccc(-c2nc(-c3cccc4sc5ccc(N(c6ccccc6)c6ccccc6)cc5c34)nc3c2oc2ccccc23)cc1. The highest BCUT2D eigenvalue weighted by molar-refractivity contribution is 7.26. The van der Waals surface area contributed by atoms with Gasteiger partial charge in [0.05, 0.1) is 0 Å². The summed E-state index contributed by atoms with van der Waals surface area (Å²) in [5.41, 5.74) is 8.44. The van der Waals surface area contributed by atoms with Crippen LogP contribution in [0.5, 0.6) is 0 Å². The molecule has 0 saturated heterocycles. The van der Waals surface area contributed by atoms with E-state index in [-0.39, 0.29) is 0 Å². The van der Waals surface area contributed by atoms with Crippen LogP contribution in [-0.2, 0) is 0 Å². The van der Waals surface area contributed by atoms with Gasteiger partial charge in [-0.1, -0.05) is 91.0 Å². The largest absolute Gasteiger partial charge is 0.452 e. The number of anilines is 3. The highest BCUT2D eigenvalue weighted by Crippen LogP contribution is 2.44. The summed E-state index contributed by atoms with van der Waals surface area (Å²) in [7, 11) is 0. The van der Waals surface area contributed by atoms with E-state index in [4.69, 9.17) is 14.4 Å². The average molecular weight is 596 g/mol. The maximum Gasteiger partial charge on any atom is 0.180 e. The van der Waals surface area contributed by atoms with E-state index in [0.29, 0.717) is 11.4 Å². The summed E-state index contributed by atoms with van der Waals surface area (Å²) in [4.78, 5) is 12.7. The van der Waals surface area contributed by atoms with E-state index in [1.807, 2.05) is 36.4 Å². The van der Waals surface area contributed by atoms with Gasteiger partial charge >= 0.3 is 0 Å². The fourth-order valence-electron chi connectivity index (χ4n) is 6.24. The molecule has 5 heteroatoms. The van der Waals surface area contributed by atoms with Crippen molar-refractivity contribution in [2.45, 2.75) is 0 Å². The Morgan fingerprint density at radius 3 is 1.98 bits per heavy atom. The molecule has 0 atom stereocenters. The number of benzene rings is 6. The Morgan fingerprint density at radius 2 is 1.22 bits per heavy atom. The number of furan rings is 1. The molecular formula is C40H25N3OS. The highest BCUT2D eigenvalue weighted by Gasteiger charge is 2.21. The zero-order valence-corrected chi connectivity index (χ0v) is 24.9. The average Bonchev–Trinajstić information content (AvgIpc) is 3.68. The number of hydrogen-bond donors (Lipinski definition) is 0. The van der Waals surface area contributed by atoms with Crippen LogP contribution in [0.3, 0.4) is 0 Å². The maximum atomic E-state index is 6.37. The van der Waals surface area contributed by atoms with Crippen LogP contribution in [-0.4, -0.2) is 9.97 Å². The van der Waals surface area contributed by atoms with Crippen LogP contribution in [0.4, 0.5) is 17.1 Å². The maximum absolute atomic E-state index is 6.37. The van der Waals surface area contributed by atoms with Gasteiger partial charge in [0.1, 0.15) is 16.8 Å². The van der Waals surface area contributed by atoms with Crippen LogP contribution in [0.25, 0.3) is 64.9 Å². The second-order valence-electron chi connectivity index (χ2n) is 11.0. The number of hydrogen-bond acceptors (Lipinski definition) is 5. The number of thiophene rings is 1. The van der Waals surface area contributed by atoms with Crippen molar-refractivity contribution in [3.63, 3.8) is 0 Å². The second-order valence-corrected chi connectivity index (χ2v) is 12.1. The van der Waals surface area contributed by atoms with Gasteiger partial charge in [-0.3, -0.25) is 0 Å². The summed E-state index contributed by atoms with van der Waals surface area (Å²) in [6.07, 6.45) is 0. The Balaban J connectivity index is 1.31. The van der Waals surface area contributed by atoms with Crippen LogP contribution in [0.2, 0.25) is 0 Å². The number of rotatable bonds is 5. The van der Waals surface area contributed by atoms with Crippen LogP contribution >= 0.6 is 11.3 Å². The van der Waals surface area contributed by atoms with Gasteiger partial charge in [0.15, 0.2) is 11.4 Å². The van der Waals surface area contributed by atoms with Crippen molar-refractivity contribution >= 4 is 70.6 Å². The summed E-state index contributed by atoms with van der Waals surface area (Å²) in [5, 5.41) is 3.33. The summed E-state index contributed by atoms with van der Waals surface area (Å²) in [5.74, 6) is 0.687. The molecule has 0 N–H and O–H groups in total. The van der Waals surface area contributed by atoms with Gasteiger partial charge in [-0.2, -0.15) is 0 Å². The molecule has 3 aromatic heterocycles. The van der Waals surface area contributed by atoms with Crippen molar-refractivity contribution in [2.24, 2.45) is 0 Å². The monoisotopic (exact) mass is 595 g/mol. The number of para-hydroxylation sites is 3. The molecule has 212 valence electrons. The van der Waals surface area contributed by atoms with E-state index in [2.05, 4.69) is 120 Å². The first kappa shape index (κ1) is 25.7. The Hall–Kier alpha value is -5.78. The van der Waals surface area contributed by atoms with Crippen LogP contribution in [0.1, 0.15) is 0 Å². The quantitative estimate of drug-likeness (QED) is 0.198. The van der Waals surface area contributed by atoms with Gasteiger partial charge in [0, 0.05) is 53.7 Å². The molecule has 45 heavy (non-hydrogen) atoms. The Morgan fingerprint density at radius 1 is 0.533 bits per heavy atom. The molecular weight excluding hydrogens is 571 g/mol. The van der Waals surface area contributed by atoms with E-state index in [1.165, 1.54) is 14.8 Å². The van der Waals surface area contributed by atoms with Gasteiger partial charge in [0.2, 0.25) is 0 Å². The van der Waals surface area contributed by atoms with Crippen LogP contribution in [0, 0.1) is 0 Å². The van der Waals surface area contributed by atoms with Crippen molar-refractivity contribution < 1.29 is 4.42 Å². The number of aromatic nitrogens is 2. The summed E-state index contributed by atoms with van der Waals surface area (Å²) < 4.78 is 8.79. The topological polar surface area (TPSA) is 42.2 Å². The first-order valence-corrected chi connectivity index (χ1v) is 15.7. The molecule has 0 radical (unpaired) electrons. The Bertz CT molecular complexity index is 2450. The molecule has 0 aliphatic carbocycles. The van der Waals surface area contributed by atoms with Gasteiger partial charge in [-0.15, -0.1) is 11.3 Å². The molecule has 0 aliphatic heterocycles. The van der Waals surface area contributed by atoms with Crippen LogP contribution in [0.15, 0.2) is 156 Å². The van der Waals surface area contributed by atoms with E-state index in [1.54, 1.807) is 11.3 Å². The first-order chi connectivity index (χ1) is 22.3. The van der Waals surface area contributed by atoms with Gasteiger partial charge in [-0.25, -0.2) is 9.97 Å². The summed E-state index contributed by atoms with van der Waals surface area (Å²) >= 11 is 1.80. The molecule has 0 aliphatic rings. The zero-order chi connectivity index (χ0) is 29.7. The Kier molecular flexibility index (Phi) is 5.96. The normalized spacial score (nSPS) is 11.6. The predicted octanol–water partition coefficient (Wildman–Crippen LogP) is 11.5. The van der Waals surface area contributed by atoms with Gasteiger partial charge in [0.25, 0.3) is 0 Å². The molecule has 0 unspecified atom stereocenters. The molecule has 3 heterocycles. The fourth-order valence-corrected chi connectivity index (χ4v) is 7.36. The summed E-state index contributed by atoms with van der Waals surface area (Å²) in [6, 6.07) is 52.6. The molecule has 9 rings (SSSR count). The molecule has 6 aromatic carbocycles. The van der Waals surface area contributed by atoms with Gasteiger partial charge < -0.3 is 9.32 Å². The van der Waals surface area contributed by atoms with Crippen molar-refractivity contribution in [2.75, 3.05) is 4.90 Å². The van der Waals surface area contributed by atoms with E-state index < -0.39 is 0 Å². The third-order valence-electron chi connectivity index (χ3n) is 8.27. The predicted molar refractivity (Wildman–Crippen MR) is 188 cm³/mol. The second kappa shape index (κ2) is 10.4.